The minimum absolute atomic E-state index is 1.32. The highest BCUT2D eigenvalue weighted by Crippen LogP contribution is 2.65. The molecule has 268 valence electrons. The van der Waals surface area contributed by atoms with E-state index < -0.39 is 91.1 Å². The molecule has 0 aromatic rings. The van der Waals surface area contributed by atoms with Crippen molar-refractivity contribution in [1.82, 2.24) is 4.53 Å². The summed E-state index contributed by atoms with van der Waals surface area (Å²) in [7, 11) is -9.96. The molecule has 0 saturated carbocycles. The Labute approximate surface area is 226 Å². The molecule has 32 heteroatoms. The van der Waals surface area contributed by atoms with Gasteiger partial charge in [0.05, 0.1) is 0 Å². The average Bonchev–Trinajstić information content (AvgIpc) is 2.84. The summed E-state index contributed by atoms with van der Waals surface area (Å²) in [5.74, 6) is -89.9. The molecule has 0 aromatic heterocycles. The average molecular weight is 755 g/mol. The number of aliphatic carboxylic acids is 1. The number of carboxylic acids is 1. The second-order valence-corrected chi connectivity index (χ2v) is 9.40. The number of carbonyl (C=O) groups is 2. The van der Waals surface area contributed by atoms with E-state index in [2.05, 4.69) is 0 Å². The molecule has 0 unspecified atom stereocenters. The number of halogens is 24. The Morgan fingerprint density at radius 2 is 0.822 bits per heavy atom. The van der Waals surface area contributed by atoms with Crippen molar-refractivity contribution in [3.63, 3.8) is 0 Å². The van der Waals surface area contributed by atoms with Crippen molar-refractivity contribution in [1.29, 1.82) is 0 Å². The van der Waals surface area contributed by atoms with Crippen LogP contribution in [0.1, 0.15) is 0 Å². The predicted octanol–water partition coefficient (Wildman–Crippen LogP) is 5.92. The largest absolute Gasteiger partial charge is 0.478 e. The van der Waals surface area contributed by atoms with Gasteiger partial charge in [0.2, 0.25) is 0 Å². The zero-order chi connectivity index (χ0) is 37.4. The van der Waals surface area contributed by atoms with Crippen LogP contribution in [0.5, 0.6) is 0 Å². The van der Waals surface area contributed by atoms with Gasteiger partial charge in [-0.2, -0.15) is 92.2 Å². The highest BCUT2D eigenvalue weighted by Gasteiger charge is 2.97. The first-order chi connectivity index (χ1) is 19.1. The van der Waals surface area contributed by atoms with Gasteiger partial charge in [-0.1, -0.05) is 0 Å². The van der Waals surface area contributed by atoms with Gasteiger partial charge in [0, 0.05) is 9.05 Å². The van der Waals surface area contributed by atoms with Gasteiger partial charge in [0.15, 0.2) is 0 Å². The van der Waals surface area contributed by atoms with Gasteiger partial charge in [-0.3, -0.25) is 0 Å². The molecule has 0 aliphatic heterocycles. The second-order valence-electron chi connectivity index (χ2n) is 7.62. The first kappa shape index (κ1) is 42.2. The summed E-state index contributed by atoms with van der Waals surface area (Å²) in [6.45, 7) is 0. The summed E-state index contributed by atoms with van der Waals surface area (Å²) in [5.41, 5.74) is 0. The Balaban J connectivity index is 7.61. The lowest BCUT2D eigenvalue weighted by molar-refractivity contribution is -0.458. The molecule has 0 radical (unpaired) electrons. The topological polar surface area (TPSA) is 101 Å². The highest BCUT2D eigenvalue weighted by atomic mass is 32.2. The molecule has 0 fully saturated rings. The Morgan fingerprint density at radius 3 is 1.09 bits per heavy atom. The lowest BCUT2D eigenvalue weighted by atomic mass is 9.91. The summed E-state index contributed by atoms with van der Waals surface area (Å²) in [4.78, 5) is 22.3. The number of hydrogen-bond acceptors (Lipinski definition) is 5. The van der Waals surface area contributed by atoms with E-state index in [1.54, 1.807) is 0 Å². The molecule has 0 aliphatic rings. The highest BCUT2D eigenvalue weighted by molar-refractivity contribution is 7.90. The third-order valence-electron chi connectivity index (χ3n) is 4.89. The third kappa shape index (κ3) is 4.93. The van der Waals surface area contributed by atoms with Gasteiger partial charge in [-0.25, -0.2) is 27.3 Å². The number of carbonyl (C=O) groups excluding carboxylic acids is 1. The maximum absolute atomic E-state index is 14.3. The zero-order valence-corrected chi connectivity index (χ0v) is 19.7. The molecule has 0 rings (SSSR count). The van der Waals surface area contributed by atoms with E-state index in [1.807, 2.05) is 0 Å². The van der Waals surface area contributed by atoms with Crippen LogP contribution in [-0.2, 0) is 24.6 Å². The molecular formula is C13HF24NO6S. The van der Waals surface area contributed by atoms with Crippen molar-refractivity contribution in [3.05, 3.63) is 0 Å². The van der Waals surface area contributed by atoms with Crippen LogP contribution in [0.2, 0.25) is 0 Å². The first-order valence-corrected chi connectivity index (χ1v) is 10.5. The molecule has 1 N–H and O–H groups in total. The summed E-state index contributed by atoms with van der Waals surface area (Å²) in [5, 5.41) is -1.08. The quantitative estimate of drug-likeness (QED) is 0.143. The fraction of sp³-hybridized carbons (Fsp3) is 0.846. The Bertz CT molecular complexity index is 1270. The zero-order valence-electron chi connectivity index (χ0n) is 18.9. The number of alkyl halides is 22. The minimum atomic E-state index is -9.96. The van der Waals surface area contributed by atoms with Crippen molar-refractivity contribution in [3.8, 4) is 0 Å². The van der Waals surface area contributed by atoms with Gasteiger partial charge in [0.1, 0.15) is 0 Å². The number of rotatable bonds is 13. The maximum atomic E-state index is 14.3. The van der Waals surface area contributed by atoms with E-state index in [-0.39, 0.29) is 0 Å². The monoisotopic (exact) mass is 755 g/mol. The SMILES string of the molecule is O=C(OF)C(F)(F)C(F)(F)[C@@](F)(C(=O)O)N(F)S(=O)(=O)C(F)(F)C(F)(F)C(F)(F)C(F)(F)C(F)(F)C(F)(F)C(F)(F)C(F)(F)F. The van der Waals surface area contributed by atoms with Gasteiger partial charge < -0.3 is 5.11 Å². The Morgan fingerprint density at radius 1 is 0.533 bits per heavy atom. The van der Waals surface area contributed by atoms with E-state index in [0.717, 1.165) is 0 Å². The van der Waals surface area contributed by atoms with E-state index in [0.29, 0.717) is 0 Å². The van der Waals surface area contributed by atoms with Crippen LogP contribution < -0.4 is 0 Å². The second kappa shape index (κ2) is 10.6. The molecular weight excluding hydrogens is 754 g/mol. The lowest BCUT2D eigenvalue weighted by Gasteiger charge is -2.43. The Kier molecular flexibility index (Phi) is 9.93. The maximum Gasteiger partial charge on any atom is 0.460 e. The first-order valence-electron chi connectivity index (χ1n) is 9.01. The normalized spacial score (nSPS) is 17.3. The molecule has 0 bridgehead atoms. The molecule has 0 saturated heterocycles. The molecule has 0 heterocycles. The van der Waals surface area contributed by atoms with Crippen molar-refractivity contribution in [2.24, 2.45) is 0 Å². The van der Waals surface area contributed by atoms with Crippen molar-refractivity contribution in [2.45, 2.75) is 64.6 Å². The van der Waals surface area contributed by atoms with Crippen LogP contribution in [0.4, 0.5) is 106 Å². The summed E-state index contributed by atoms with van der Waals surface area (Å²) in [6, 6.07) is 0. The van der Waals surface area contributed by atoms with E-state index in [9.17, 15) is 124 Å². The predicted molar refractivity (Wildman–Crippen MR) is 81.1 cm³/mol. The van der Waals surface area contributed by atoms with E-state index in [1.165, 1.54) is 4.94 Å². The van der Waals surface area contributed by atoms with Crippen molar-refractivity contribution in [2.75, 3.05) is 0 Å². The summed E-state index contributed by atoms with van der Waals surface area (Å²) < 4.78 is 336. The smallest absolute Gasteiger partial charge is 0.460 e. The van der Waals surface area contributed by atoms with Crippen LogP contribution >= 0.6 is 0 Å². The van der Waals surface area contributed by atoms with E-state index in [4.69, 9.17) is 5.11 Å². The van der Waals surface area contributed by atoms with Gasteiger partial charge in [-0.05, 0) is 0 Å². The fourth-order valence-corrected chi connectivity index (χ4v) is 3.46. The number of carboxylic acid groups (broad SMARTS) is 1. The number of nitrogens with zero attached hydrogens (tertiary/aromatic N) is 1. The van der Waals surface area contributed by atoms with Crippen molar-refractivity contribution < 1.29 is 134 Å². The van der Waals surface area contributed by atoms with Gasteiger partial charge in [-0.15, -0.1) is 4.48 Å². The Hall–Kier alpha value is -2.83. The van der Waals surface area contributed by atoms with Crippen LogP contribution in [-0.4, -0.2) is 94.6 Å². The molecule has 45 heavy (non-hydrogen) atoms. The minimum Gasteiger partial charge on any atom is -0.478 e. The van der Waals surface area contributed by atoms with Gasteiger partial charge in [0.25, 0.3) is 0 Å². The third-order valence-corrected chi connectivity index (χ3v) is 6.47. The fourth-order valence-electron chi connectivity index (χ4n) is 2.28. The van der Waals surface area contributed by atoms with Gasteiger partial charge >= 0.3 is 86.6 Å². The molecule has 1 atom stereocenters. The molecule has 7 nitrogen and oxygen atoms in total. The number of sulfonamides is 1. The molecule has 0 amide bonds. The summed E-state index contributed by atoms with van der Waals surface area (Å²) in [6.07, 6.45) is -8.22. The van der Waals surface area contributed by atoms with Crippen LogP contribution in [0.3, 0.4) is 0 Å². The van der Waals surface area contributed by atoms with Crippen molar-refractivity contribution >= 4 is 22.0 Å². The van der Waals surface area contributed by atoms with E-state index >= 15 is 0 Å². The lowest BCUT2D eigenvalue weighted by Crippen LogP contribution is -2.76. The van der Waals surface area contributed by atoms with Crippen LogP contribution in [0.15, 0.2) is 0 Å². The standard InChI is InChI=1S/C13HF24NO6S/c14-3(15,2(41)44-37)5(17,18)4(16,1(39)40)38(36)45(42,43)13(34,35)11(29,30)9(25,26)7(21,22)6(19,20)8(23,24)10(27,28)12(31,32)33/h(H,39,40)/t4-/m1/s1. The molecule has 0 aromatic carbocycles. The molecule has 0 aliphatic carbocycles. The summed E-state index contributed by atoms with van der Waals surface area (Å²) >= 11 is 0. The van der Waals surface area contributed by atoms with Crippen LogP contribution in [0, 0.1) is 0 Å². The number of hydrogen-bond donors (Lipinski definition) is 1. The van der Waals surface area contributed by atoms with Crippen LogP contribution in [0.25, 0.3) is 0 Å². The molecule has 0 spiro atoms.